The number of rotatable bonds is 6. The highest BCUT2D eigenvalue weighted by Gasteiger charge is 2.12. The molecule has 0 aliphatic carbocycles. The van der Waals surface area contributed by atoms with Crippen LogP contribution < -0.4 is 5.32 Å². The van der Waals surface area contributed by atoms with Crippen molar-refractivity contribution in [2.75, 3.05) is 40.4 Å². The van der Waals surface area contributed by atoms with Crippen molar-refractivity contribution in [1.29, 1.82) is 0 Å². The first kappa shape index (κ1) is 12.9. The third-order valence-corrected chi connectivity index (χ3v) is 3.08. The second kappa shape index (κ2) is 8.08. The van der Waals surface area contributed by atoms with Gasteiger partial charge >= 0.3 is 0 Å². The maximum Gasteiger partial charge on any atom is 0.0474 e. The fourth-order valence-corrected chi connectivity index (χ4v) is 2.20. The van der Waals surface area contributed by atoms with E-state index in [0.29, 0.717) is 6.04 Å². The fourth-order valence-electron chi connectivity index (χ4n) is 2.20. The van der Waals surface area contributed by atoms with Gasteiger partial charge in [0.25, 0.3) is 0 Å². The summed E-state index contributed by atoms with van der Waals surface area (Å²) in [5.74, 6) is 0. The summed E-state index contributed by atoms with van der Waals surface area (Å²) in [6, 6.07) is 0.708. The van der Waals surface area contributed by atoms with Gasteiger partial charge in [-0.2, -0.15) is 0 Å². The highest BCUT2D eigenvalue weighted by Crippen LogP contribution is 2.09. The standard InChI is InChI=1S/C12H26N2O/c1-14(9-6-10-15-2)11-12-7-4-3-5-8-13-12/h12-13H,3-11H2,1-2H3. The largest absolute Gasteiger partial charge is 0.385 e. The first-order valence-corrected chi connectivity index (χ1v) is 6.24. The first-order valence-electron chi connectivity index (χ1n) is 6.24. The Balaban J connectivity index is 2.09. The lowest BCUT2D eigenvalue weighted by atomic mass is 10.1. The molecular formula is C12H26N2O. The maximum absolute atomic E-state index is 5.06. The van der Waals surface area contributed by atoms with E-state index in [1.807, 2.05) is 0 Å². The third-order valence-electron chi connectivity index (χ3n) is 3.08. The molecule has 0 spiro atoms. The van der Waals surface area contributed by atoms with Crippen LogP contribution in [0.1, 0.15) is 32.1 Å². The zero-order chi connectivity index (χ0) is 10.9. The zero-order valence-electron chi connectivity index (χ0n) is 10.3. The SMILES string of the molecule is COCCCN(C)CC1CCCCCN1. The highest BCUT2D eigenvalue weighted by molar-refractivity contribution is 4.73. The molecule has 1 heterocycles. The smallest absolute Gasteiger partial charge is 0.0474 e. The van der Waals surface area contributed by atoms with Gasteiger partial charge in [-0.1, -0.05) is 12.8 Å². The predicted octanol–water partition coefficient (Wildman–Crippen LogP) is 1.49. The number of nitrogens with zero attached hydrogens (tertiary/aromatic N) is 1. The van der Waals surface area contributed by atoms with Crippen molar-refractivity contribution in [2.45, 2.75) is 38.1 Å². The summed E-state index contributed by atoms with van der Waals surface area (Å²) in [7, 11) is 3.98. The highest BCUT2D eigenvalue weighted by atomic mass is 16.5. The van der Waals surface area contributed by atoms with Crippen LogP contribution in [0, 0.1) is 0 Å². The molecule has 0 aromatic heterocycles. The molecule has 90 valence electrons. The monoisotopic (exact) mass is 214 g/mol. The number of hydrogen-bond donors (Lipinski definition) is 1. The number of nitrogens with one attached hydrogen (secondary N) is 1. The van der Waals surface area contributed by atoms with Crippen molar-refractivity contribution in [3.63, 3.8) is 0 Å². The summed E-state index contributed by atoms with van der Waals surface area (Å²) >= 11 is 0. The van der Waals surface area contributed by atoms with Gasteiger partial charge in [-0.25, -0.2) is 0 Å². The molecule has 1 saturated heterocycles. The molecule has 1 unspecified atom stereocenters. The molecule has 0 bridgehead atoms. The lowest BCUT2D eigenvalue weighted by Crippen LogP contribution is -2.39. The van der Waals surface area contributed by atoms with Gasteiger partial charge in [0.1, 0.15) is 0 Å². The fraction of sp³-hybridized carbons (Fsp3) is 1.00. The zero-order valence-corrected chi connectivity index (χ0v) is 10.3. The van der Waals surface area contributed by atoms with E-state index in [1.165, 1.54) is 38.8 Å². The maximum atomic E-state index is 5.06. The minimum absolute atomic E-state index is 0.708. The van der Waals surface area contributed by atoms with Gasteiger partial charge in [0.05, 0.1) is 0 Å². The van der Waals surface area contributed by atoms with Crippen LogP contribution in [-0.4, -0.2) is 51.3 Å². The molecular weight excluding hydrogens is 188 g/mol. The second-order valence-corrected chi connectivity index (χ2v) is 4.61. The van der Waals surface area contributed by atoms with Crippen LogP contribution in [0.15, 0.2) is 0 Å². The Morgan fingerprint density at radius 1 is 1.33 bits per heavy atom. The molecule has 1 fully saturated rings. The summed E-state index contributed by atoms with van der Waals surface area (Å²) in [6.45, 7) is 4.41. The third kappa shape index (κ3) is 6.13. The van der Waals surface area contributed by atoms with Crippen LogP contribution in [0.3, 0.4) is 0 Å². The molecule has 1 aliphatic rings. The van der Waals surface area contributed by atoms with E-state index >= 15 is 0 Å². The molecule has 3 heteroatoms. The molecule has 0 aromatic rings. The first-order chi connectivity index (χ1) is 7.33. The normalized spacial score (nSPS) is 23.0. The Morgan fingerprint density at radius 2 is 2.20 bits per heavy atom. The lowest BCUT2D eigenvalue weighted by molar-refractivity contribution is 0.175. The summed E-state index contributed by atoms with van der Waals surface area (Å²) in [4.78, 5) is 2.42. The summed E-state index contributed by atoms with van der Waals surface area (Å²) in [6.07, 6.45) is 6.62. The average Bonchev–Trinajstić information content (AvgIpc) is 2.47. The molecule has 0 saturated carbocycles. The van der Waals surface area contributed by atoms with E-state index in [0.717, 1.165) is 19.6 Å². The van der Waals surface area contributed by atoms with Crippen molar-refractivity contribution in [1.82, 2.24) is 10.2 Å². The van der Waals surface area contributed by atoms with Crippen molar-refractivity contribution in [2.24, 2.45) is 0 Å². The van der Waals surface area contributed by atoms with Gasteiger partial charge in [-0.15, -0.1) is 0 Å². The van der Waals surface area contributed by atoms with E-state index < -0.39 is 0 Å². The minimum Gasteiger partial charge on any atom is -0.385 e. The van der Waals surface area contributed by atoms with E-state index in [1.54, 1.807) is 7.11 Å². The number of likely N-dealkylation sites (N-methyl/N-ethyl adjacent to an activating group) is 1. The second-order valence-electron chi connectivity index (χ2n) is 4.61. The topological polar surface area (TPSA) is 24.5 Å². The molecule has 1 rings (SSSR count). The molecule has 0 aromatic carbocycles. The number of ether oxygens (including phenoxy) is 1. The molecule has 1 N–H and O–H groups in total. The Kier molecular flexibility index (Phi) is 6.98. The average molecular weight is 214 g/mol. The van der Waals surface area contributed by atoms with E-state index in [-0.39, 0.29) is 0 Å². The lowest BCUT2D eigenvalue weighted by Gasteiger charge is -2.23. The van der Waals surface area contributed by atoms with Crippen LogP contribution in [0.2, 0.25) is 0 Å². The number of hydrogen-bond acceptors (Lipinski definition) is 3. The van der Waals surface area contributed by atoms with Crippen molar-refractivity contribution < 1.29 is 4.74 Å². The van der Waals surface area contributed by atoms with Crippen molar-refractivity contribution in [3.05, 3.63) is 0 Å². The van der Waals surface area contributed by atoms with Gasteiger partial charge in [-0.05, 0) is 32.9 Å². The van der Waals surface area contributed by atoms with Gasteiger partial charge < -0.3 is 15.0 Å². The Bertz CT molecular complexity index is 145. The van der Waals surface area contributed by atoms with Crippen LogP contribution >= 0.6 is 0 Å². The van der Waals surface area contributed by atoms with E-state index in [2.05, 4.69) is 17.3 Å². The molecule has 0 radical (unpaired) electrons. The Hall–Kier alpha value is -0.120. The van der Waals surface area contributed by atoms with Gasteiger partial charge in [0.15, 0.2) is 0 Å². The Morgan fingerprint density at radius 3 is 3.00 bits per heavy atom. The van der Waals surface area contributed by atoms with Crippen LogP contribution in [0.4, 0.5) is 0 Å². The van der Waals surface area contributed by atoms with Crippen molar-refractivity contribution in [3.8, 4) is 0 Å². The van der Waals surface area contributed by atoms with Crippen LogP contribution in [0.25, 0.3) is 0 Å². The molecule has 1 atom stereocenters. The summed E-state index contributed by atoms with van der Waals surface area (Å²) in [5.41, 5.74) is 0. The van der Waals surface area contributed by atoms with Crippen molar-refractivity contribution >= 4 is 0 Å². The molecule has 1 aliphatic heterocycles. The van der Waals surface area contributed by atoms with Gasteiger partial charge in [-0.3, -0.25) is 0 Å². The number of methoxy groups -OCH3 is 1. The molecule has 3 nitrogen and oxygen atoms in total. The van der Waals surface area contributed by atoms with Crippen LogP contribution in [0.5, 0.6) is 0 Å². The predicted molar refractivity (Wildman–Crippen MR) is 64.2 cm³/mol. The molecule has 15 heavy (non-hydrogen) atoms. The molecule has 0 amide bonds. The van der Waals surface area contributed by atoms with E-state index in [4.69, 9.17) is 4.74 Å². The van der Waals surface area contributed by atoms with Gasteiger partial charge in [0, 0.05) is 32.8 Å². The quantitative estimate of drug-likeness (QED) is 0.678. The van der Waals surface area contributed by atoms with Crippen LogP contribution in [-0.2, 0) is 4.74 Å². The Labute approximate surface area is 94.2 Å². The van der Waals surface area contributed by atoms with Gasteiger partial charge in [0.2, 0.25) is 0 Å². The summed E-state index contributed by atoms with van der Waals surface area (Å²) < 4.78 is 5.06. The summed E-state index contributed by atoms with van der Waals surface area (Å²) in [5, 5.41) is 3.63. The van der Waals surface area contributed by atoms with E-state index in [9.17, 15) is 0 Å². The minimum atomic E-state index is 0.708.